The molecule has 0 spiro atoms. The summed E-state index contributed by atoms with van der Waals surface area (Å²) in [4.78, 5) is 25.0. The molecule has 0 bridgehead atoms. The molecule has 33 heavy (non-hydrogen) atoms. The largest absolute Gasteiger partial charge is 0.463 e. The van der Waals surface area contributed by atoms with Crippen LogP contribution in [0.4, 0.5) is 9.52 Å². The fourth-order valence-corrected chi connectivity index (χ4v) is 4.64. The SMILES string of the molecule is CC(Sc1nc(-c2ccco2)c(-c2ccco2)[nH]1)C(=O)Nc1nc(-c2ccc(F)cc2)cs1. The number of carbonyl (C=O) groups excluding carboxylic acids is 1. The number of hydrogen-bond acceptors (Lipinski definition) is 7. The van der Waals surface area contributed by atoms with Crippen molar-refractivity contribution >= 4 is 34.1 Å². The highest BCUT2D eigenvalue weighted by atomic mass is 32.2. The number of H-pyrrole nitrogens is 1. The summed E-state index contributed by atoms with van der Waals surface area (Å²) < 4.78 is 24.2. The number of aromatic nitrogens is 3. The number of furan rings is 2. The van der Waals surface area contributed by atoms with E-state index in [2.05, 4.69) is 20.3 Å². The van der Waals surface area contributed by atoms with E-state index in [0.29, 0.717) is 38.9 Å². The molecule has 1 aromatic carbocycles. The molecule has 7 nitrogen and oxygen atoms in total. The average molecular weight is 481 g/mol. The minimum atomic E-state index is -0.455. The molecular weight excluding hydrogens is 463 g/mol. The minimum absolute atomic E-state index is 0.212. The normalized spacial score (nSPS) is 12.1. The quantitative estimate of drug-likeness (QED) is 0.265. The van der Waals surface area contributed by atoms with Gasteiger partial charge in [-0.15, -0.1) is 11.3 Å². The lowest BCUT2D eigenvalue weighted by molar-refractivity contribution is -0.115. The van der Waals surface area contributed by atoms with Crippen molar-refractivity contribution in [3.63, 3.8) is 0 Å². The smallest absolute Gasteiger partial charge is 0.239 e. The number of thioether (sulfide) groups is 1. The number of thiazole rings is 1. The molecule has 2 N–H and O–H groups in total. The number of amides is 1. The van der Waals surface area contributed by atoms with Gasteiger partial charge in [0.1, 0.15) is 17.2 Å². The van der Waals surface area contributed by atoms with Crippen LogP contribution in [0, 0.1) is 5.82 Å². The first kappa shape index (κ1) is 21.2. The van der Waals surface area contributed by atoms with E-state index in [1.807, 2.05) is 17.5 Å². The van der Waals surface area contributed by atoms with Crippen LogP contribution < -0.4 is 5.32 Å². The van der Waals surface area contributed by atoms with Crippen LogP contribution in [0.25, 0.3) is 34.2 Å². The summed E-state index contributed by atoms with van der Waals surface area (Å²) in [7, 11) is 0. The maximum Gasteiger partial charge on any atom is 0.239 e. The number of nitrogens with zero attached hydrogens (tertiary/aromatic N) is 2. The summed E-state index contributed by atoms with van der Waals surface area (Å²) in [5, 5.41) is 5.23. The van der Waals surface area contributed by atoms with E-state index in [1.165, 1.54) is 35.2 Å². The first-order valence-electron chi connectivity index (χ1n) is 9.93. The molecule has 0 aliphatic rings. The van der Waals surface area contributed by atoms with Crippen molar-refractivity contribution in [2.75, 3.05) is 5.32 Å². The third-order valence-electron chi connectivity index (χ3n) is 4.74. The van der Waals surface area contributed by atoms with Gasteiger partial charge in [-0.05, 0) is 55.5 Å². The van der Waals surface area contributed by atoms with Crippen LogP contribution in [0.1, 0.15) is 6.92 Å². The van der Waals surface area contributed by atoms with Gasteiger partial charge >= 0.3 is 0 Å². The van der Waals surface area contributed by atoms with Crippen LogP contribution in [0.5, 0.6) is 0 Å². The fraction of sp³-hybridized carbons (Fsp3) is 0.0870. The van der Waals surface area contributed by atoms with E-state index < -0.39 is 5.25 Å². The fourth-order valence-electron chi connectivity index (χ4n) is 3.11. The molecule has 4 heterocycles. The Bertz CT molecular complexity index is 1310. The Morgan fingerprint density at radius 3 is 2.52 bits per heavy atom. The van der Waals surface area contributed by atoms with Gasteiger partial charge in [0.15, 0.2) is 21.8 Å². The van der Waals surface area contributed by atoms with Gasteiger partial charge < -0.3 is 19.1 Å². The summed E-state index contributed by atoms with van der Waals surface area (Å²) in [5.41, 5.74) is 2.73. The highest BCUT2D eigenvalue weighted by Crippen LogP contribution is 2.34. The molecule has 1 unspecified atom stereocenters. The van der Waals surface area contributed by atoms with Crippen LogP contribution in [-0.2, 0) is 4.79 Å². The molecule has 0 saturated carbocycles. The number of halogens is 1. The first-order valence-corrected chi connectivity index (χ1v) is 11.7. The molecule has 5 aromatic rings. The van der Waals surface area contributed by atoms with Gasteiger partial charge in [0.05, 0.1) is 23.5 Å². The monoisotopic (exact) mass is 480 g/mol. The predicted molar refractivity (Wildman–Crippen MR) is 125 cm³/mol. The van der Waals surface area contributed by atoms with Gasteiger partial charge in [0.2, 0.25) is 5.91 Å². The number of anilines is 1. The van der Waals surface area contributed by atoms with Crippen molar-refractivity contribution in [3.05, 3.63) is 72.3 Å². The van der Waals surface area contributed by atoms with E-state index in [1.54, 1.807) is 43.7 Å². The minimum Gasteiger partial charge on any atom is -0.463 e. The number of aromatic amines is 1. The van der Waals surface area contributed by atoms with E-state index in [4.69, 9.17) is 8.83 Å². The lowest BCUT2D eigenvalue weighted by Gasteiger charge is -2.08. The molecular formula is C23H17FN4O3S2. The molecule has 0 radical (unpaired) electrons. The number of nitrogens with one attached hydrogen (secondary N) is 2. The summed E-state index contributed by atoms with van der Waals surface area (Å²) in [6, 6.07) is 13.3. The van der Waals surface area contributed by atoms with Crippen LogP contribution in [0.2, 0.25) is 0 Å². The molecule has 0 aliphatic heterocycles. The Labute approximate surface area is 196 Å². The highest BCUT2D eigenvalue weighted by Gasteiger charge is 2.22. The topological polar surface area (TPSA) is 97.0 Å². The zero-order valence-electron chi connectivity index (χ0n) is 17.2. The van der Waals surface area contributed by atoms with Crippen molar-refractivity contribution in [1.82, 2.24) is 15.0 Å². The number of benzene rings is 1. The van der Waals surface area contributed by atoms with Crippen LogP contribution >= 0.6 is 23.1 Å². The van der Waals surface area contributed by atoms with Crippen LogP contribution in [-0.4, -0.2) is 26.1 Å². The molecule has 0 saturated heterocycles. The Hall–Kier alpha value is -3.63. The number of hydrogen-bond donors (Lipinski definition) is 2. The van der Waals surface area contributed by atoms with Crippen LogP contribution in [0.15, 0.2) is 80.4 Å². The molecule has 10 heteroatoms. The Morgan fingerprint density at radius 1 is 1.09 bits per heavy atom. The summed E-state index contributed by atoms with van der Waals surface area (Å²) >= 11 is 2.59. The van der Waals surface area contributed by atoms with Gasteiger partial charge in [-0.2, -0.15) is 0 Å². The second-order valence-corrected chi connectivity index (χ2v) is 9.20. The molecule has 1 atom stereocenters. The van der Waals surface area contributed by atoms with E-state index in [9.17, 15) is 9.18 Å². The molecule has 0 aliphatic carbocycles. The van der Waals surface area contributed by atoms with Crippen molar-refractivity contribution in [3.8, 4) is 34.2 Å². The van der Waals surface area contributed by atoms with Gasteiger partial charge in [0, 0.05) is 10.9 Å². The second kappa shape index (κ2) is 9.08. The molecule has 166 valence electrons. The van der Waals surface area contributed by atoms with E-state index in [0.717, 1.165) is 5.56 Å². The maximum atomic E-state index is 13.1. The van der Waals surface area contributed by atoms with Crippen molar-refractivity contribution in [2.45, 2.75) is 17.3 Å². The summed E-state index contributed by atoms with van der Waals surface area (Å²) in [6.45, 7) is 1.79. The van der Waals surface area contributed by atoms with E-state index in [-0.39, 0.29) is 11.7 Å². The van der Waals surface area contributed by atoms with Crippen molar-refractivity contribution < 1.29 is 18.0 Å². The Kier molecular flexibility index (Phi) is 5.84. The predicted octanol–water partition coefficient (Wildman–Crippen LogP) is 6.31. The second-order valence-electron chi connectivity index (χ2n) is 7.01. The van der Waals surface area contributed by atoms with Gasteiger partial charge in [-0.25, -0.2) is 14.4 Å². The van der Waals surface area contributed by atoms with Gasteiger partial charge in [-0.3, -0.25) is 4.79 Å². The zero-order chi connectivity index (χ0) is 22.8. The van der Waals surface area contributed by atoms with Crippen molar-refractivity contribution in [2.24, 2.45) is 0 Å². The third kappa shape index (κ3) is 4.62. The zero-order valence-corrected chi connectivity index (χ0v) is 18.9. The number of rotatable bonds is 7. The maximum absolute atomic E-state index is 13.1. The molecule has 1 amide bonds. The molecule has 4 aromatic heterocycles. The lowest BCUT2D eigenvalue weighted by atomic mass is 10.2. The van der Waals surface area contributed by atoms with Gasteiger partial charge in [0.25, 0.3) is 0 Å². The lowest BCUT2D eigenvalue weighted by Crippen LogP contribution is -2.22. The molecule has 5 rings (SSSR count). The Balaban J connectivity index is 1.30. The first-order chi connectivity index (χ1) is 16.1. The number of imidazole rings is 1. The summed E-state index contributed by atoms with van der Waals surface area (Å²) in [5.74, 6) is 0.693. The summed E-state index contributed by atoms with van der Waals surface area (Å²) in [6.07, 6.45) is 3.16. The van der Waals surface area contributed by atoms with E-state index >= 15 is 0 Å². The third-order valence-corrected chi connectivity index (χ3v) is 6.48. The number of carbonyl (C=O) groups is 1. The highest BCUT2D eigenvalue weighted by molar-refractivity contribution is 8.00. The van der Waals surface area contributed by atoms with Crippen molar-refractivity contribution in [1.29, 1.82) is 0 Å². The Morgan fingerprint density at radius 2 is 1.82 bits per heavy atom. The standard InChI is InChI=1S/C23H17FN4O3S2/c1-13(21(29)28-22-25-16(12-32-22)14-6-8-15(24)9-7-14)33-23-26-19(17-4-2-10-30-17)20(27-23)18-5-3-11-31-18/h2-13H,1H3,(H,26,27)(H,25,28,29). The average Bonchev–Trinajstić information content (AvgIpc) is 3.61. The van der Waals surface area contributed by atoms with Crippen LogP contribution in [0.3, 0.4) is 0 Å². The van der Waals surface area contributed by atoms with Gasteiger partial charge in [-0.1, -0.05) is 11.8 Å². The molecule has 0 fully saturated rings.